The summed E-state index contributed by atoms with van der Waals surface area (Å²) in [6.07, 6.45) is 0. The van der Waals surface area contributed by atoms with Gasteiger partial charge in [-0.15, -0.1) is 0 Å². The lowest BCUT2D eigenvalue weighted by Crippen LogP contribution is -2.29. The third kappa shape index (κ3) is 5.42. The summed E-state index contributed by atoms with van der Waals surface area (Å²) in [5.41, 5.74) is 3.50. The molecule has 1 aliphatic heterocycles. The number of ketones is 1. The summed E-state index contributed by atoms with van der Waals surface area (Å²) in [5.74, 6) is -0.413. The van der Waals surface area contributed by atoms with Crippen LogP contribution in [-0.4, -0.2) is 30.5 Å². The molecule has 1 unspecified atom stereocenters. The third-order valence-electron chi connectivity index (χ3n) is 7.09. The predicted molar refractivity (Wildman–Crippen MR) is 155 cm³/mol. The molecule has 1 atom stereocenters. The molecular formula is C33H37NO5. The van der Waals surface area contributed by atoms with Crippen LogP contribution in [0, 0.1) is 0 Å². The molecule has 1 aliphatic rings. The highest BCUT2D eigenvalue weighted by Crippen LogP contribution is 2.44. The van der Waals surface area contributed by atoms with Crippen molar-refractivity contribution in [1.82, 2.24) is 0 Å². The molecule has 4 rings (SSSR count). The van der Waals surface area contributed by atoms with E-state index in [1.807, 2.05) is 43.3 Å². The highest BCUT2D eigenvalue weighted by Gasteiger charge is 2.47. The average Bonchev–Trinajstić information content (AvgIpc) is 3.17. The van der Waals surface area contributed by atoms with Crippen LogP contribution in [0.25, 0.3) is 5.76 Å². The zero-order chi connectivity index (χ0) is 28.5. The average molecular weight is 528 g/mol. The van der Waals surface area contributed by atoms with Gasteiger partial charge in [-0.2, -0.15) is 0 Å². The second-order valence-electron chi connectivity index (χ2n) is 11.1. The lowest BCUT2D eigenvalue weighted by atomic mass is 9.85. The molecule has 3 aromatic carbocycles. The van der Waals surface area contributed by atoms with E-state index >= 15 is 0 Å². The van der Waals surface area contributed by atoms with E-state index in [9.17, 15) is 14.7 Å². The van der Waals surface area contributed by atoms with Crippen LogP contribution in [0.5, 0.6) is 11.5 Å². The van der Waals surface area contributed by atoms with E-state index in [1.54, 1.807) is 30.3 Å². The van der Waals surface area contributed by atoms with Crippen LogP contribution in [0.15, 0.2) is 72.3 Å². The van der Waals surface area contributed by atoms with Gasteiger partial charge in [0.1, 0.15) is 17.3 Å². The number of carbonyl (C=O) groups is 2. The topological polar surface area (TPSA) is 76.1 Å². The first-order chi connectivity index (χ1) is 18.5. The van der Waals surface area contributed by atoms with Crippen LogP contribution in [0.4, 0.5) is 5.69 Å². The fourth-order valence-electron chi connectivity index (χ4n) is 4.87. The van der Waals surface area contributed by atoms with Crippen LogP contribution >= 0.6 is 0 Å². The predicted octanol–water partition coefficient (Wildman–Crippen LogP) is 7.14. The number of methoxy groups -OCH3 is 1. The molecule has 6 heteroatoms. The van der Waals surface area contributed by atoms with E-state index in [0.29, 0.717) is 40.8 Å². The zero-order valence-corrected chi connectivity index (χ0v) is 23.7. The number of nitrogens with zero attached hydrogens (tertiary/aromatic N) is 1. The second kappa shape index (κ2) is 11.0. The number of amides is 1. The minimum absolute atomic E-state index is 0.0171. The van der Waals surface area contributed by atoms with E-state index in [1.165, 1.54) is 12.0 Å². The summed E-state index contributed by atoms with van der Waals surface area (Å²) in [5, 5.41) is 11.8. The molecule has 0 radical (unpaired) electrons. The first kappa shape index (κ1) is 28.0. The van der Waals surface area contributed by atoms with E-state index in [-0.39, 0.29) is 16.7 Å². The molecule has 0 bridgehead atoms. The van der Waals surface area contributed by atoms with Crippen molar-refractivity contribution in [2.24, 2.45) is 0 Å². The quantitative estimate of drug-likeness (QED) is 0.201. The molecule has 1 N–H and O–H groups in total. The molecule has 1 amide bonds. The number of rotatable bonds is 7. The van der Waals surface area contributed by atoms with Gasteiger partial charge >= 0.3 is 0 Å². The summed E-state index contributed by atoms with van der Waals surface area (Å²) in [4.78, 5) is 28.7. The Bertz CT molecular complexity index is 1410. The Hall–Kier alpha value is -4.06. The van der Waals surface area contributed by atoms with Crippen molar-refractivity contribution in [1.29, 1.82) is 0 Å². The summed E-state index contributed by atoms with van der Waals surface area (Å²) in [6, 6.07) is 19.6. The summed E-state index contributed by atoms with van der Waals surface area (Å²) >= 11 is 0. The van der Waals surface area contributed by atoms with Gasteiger partial charge in [0.25, 0.3) is 11.7 Å². The van der Waals surface area contributed by atoms with Gasteiger partial charge in [0.2, 0.25) is 0 Å². The van der Waals surface area contributed by atoms with E-state index in [0.717, 1.165) is 11.1 Å². The number of hydrogen-bond acceptors (Lipinski definition) is 5. The SMILES string of the molecule is CCOc1cccc(N2C(=O)C(=O)/C(=C(/O)c3cc(C(C)(C)C)ccc3OC)C2c2ccc(C(C)C)cc2)c1. The Morgan fingerprint density at radius 2 is 1.69 bits per heavy atom. The monoisotopic (exact) mass is 527 g/mol. The van der Waals surface area contributed by atoms with Crippen molar-refractivity contribution >= 4 is 23.1 Å². The van der Waals surface area contributed by atoms with Gasteiger partial charge in [-0.3, -0.25) is 14.5 Å². The number of carbonyl (C=O) groups excluding carboxylic acids is 2. The minimum Gasteiger partial charge on any atom is -0.507 e. The van der Waals surface area contributed by atoms with Crippen molar-refractivity contribution in [3.63, 3.8) is 0 Å². The maximum absolute atomic E-state index is 13.7. The van der Waals surface area contributed by atoms with Crippen molar-refractivity contribution in [3.8, 4) is 11.5 Å². The van der Waals surface area contributed by atoms with Gasteiger partial charge < -0.3 is 14.6 Å². The van der Waals surface area contributed by atoms with Crippen molar-refractivity contribution < 1.29 is 24.2 Å². The Morgan fingerprint density at radius 3 is 2.28 bits per heavy atom. The molecule has 0 aliphatic carbocycles. The van der Waals surface area contributed by atoms with Crippen LogP contribution in [0.3, 0.4) is 0 Å². The normalized spacial score (nSPS) is 17.1. The molecule has 1 fully saturated rings. The number of benzene rings is 3. The molecule has 1 saturated heterocycles. The zero-order valence-electron chi connectivity index (χ0n) is 23.7. The van der Waals surface area contributed by atoms with Gasteiger partial charge in [0.05, 0.1) is 30.9 Å². The number of aliphatic hydroxyl groups excluding tert-OH is 1. The third-order valence-corrected chi connectivity index (χ3v) is 7.09. The number of hydrogen-bond donors (Lipinski definition) is 1. The molecule has 3 aromatic rings. The lowest BCUT2D eigenvalue weighted by molar-refractivity contribution is -0.132. The van der Waals surface area contributed by atoms with Gasteiger partial charge in [0, 0.05) is 11.8 Å². The van der Waals surface area contributed by atoms with Crippen LogP contribution < -0.4 is 14.4 Å². The Balaban J connectivity index is 1.98. The summed E-state index contributed by atoms with van der Waals surface area (Å²) in [7, 11) is 1.52. The fourth-order valence-corrected chi connectivity index (χ4v) is 4.87. The smallest absolute Gasteiger partial charge is 0.300 e. The molecule has 0 aromatic heterocycles. The van der Waals surface area contributed by atoms with Crippen LogP contribution in [0.2, 0.25) is 0 Å². The Kier molecular flexibility index (Phi) is 7.86. The standard InChI is InChI=1S/C33H37NO5/c1-8-39-25-11-9-10-24(19-25)34-29(22-14-12-21(13-15-22)20(2)3)28(31(36)32(34)37)30(35)26-18-23(33(4,5)6)16-17-27(26)38-7/h9-20,29,35H,8H2,1-7H3/b30-28+. The maximum atomic E-state index is 13.7. The Morgan fingerprint density at radius 1 is 1.00 bits per heavy atom. The summed E-state index contributed by atoms with van der Waals surface area (Å²) < 4.78 is 11.2. The molecule has 6 nitrogen and oxygen atoms in total. The van der Waals surface area contributed by atoms with E-state index < -0.39 is 17.7 Å². The number of aliphatic hydroxyl groups is 1. The van der Waals surface area contributed by atoms with Gasteiger partial charge in [-0.1, -0.05) is 71.0 Å². The van der Waals surface area contributed by atoms with Crippen molar-refractivity contribution in [2.75, 3.05) is 18.6 Å². The number of ether oxygens (including phenoxy) is 2. The lowest BCUT2D eigenvalue weighted by Gasteiger charge is -2.26. The Labute approximate surface area is 230 Å². The minimum atomic E-state index is -0.842. The molecular weight excluding hydrogens is 490 g/mol. The summed E-state index contributed by atoms with van der Waals surface area (Å²) in [6.45, 7) is 12.8. The van der Waals surface area contributed by atoms with E-state index in [2.05, 4.69) is 34.6 Å². The first-order valence-corrected chi connectivity index (χ1v) is 13.3. The molecule has 1 heterocycles. The fraction of sp³-hybridized carbons (Fsp3) is 0.333. The van der Waals surface area contributed by atoms with Crippen LogP contribution in [0.1, 0.15) is 75.8 Å². The largest absolute Gasteiger partial charge is 0.507 e. The molecule has 204 valence electrons. The molecule has 0 saturated carbocycles. The first-order valence-electron chi connectivity index (χ1n) is 13.3. The highest BCUT2D eigenvalue weighted by molar-refractivity contribution is 6.51. The highest BCUT2D eigenvalue weighted by atomic mass is 16.5. The second-order valence-corrected chi connectivity index (χ2v) is 11.1. The van der Waals surface area contributed by atoms with Gasteiger partial charge in [-0.25, -0.2) is 0 Å². The van der Waals surface area contributed by atoms with Gasteiger partial charge in [-0.05, 0) is 59.2 Å². The molecule has 39 heavy (non-hydrogen) atoms. The van der Waals surface area contributed by atoms with Crippen LogP contribution in [-0.2, 0) is 15.0 Å². The van der Waals surface area contributed by atoms with Crippen molar-refractivity contribution in [3.05, 3.63) is 94.6 Å². The maximum Gasteiger partial charge on any atom is 0.300 e. The number of anilines is 1. The van der Waals surface area contributed by atoms with Crippen molar-refractivity contribution in [2.45, 2.75) is 58.9 Å². The number of Topliss-reactive ketones (excluding diaryl/α,β-unsaturated/α-hetero) is 1. The van der Waals surface area contributed by atoms with E-state index in [4.69, 9.17) is 9.47 Å². The molecule has 0 spiro atoms. The van der Waals surface area contributed by atoms with Gasteiger partial charge in [0.15, 0.2) is 0 Å².